The first-order valence-electron chi connectivity index (χ1n) is 5.29. The Bertz CT molecular complexity index is 389. The molecule has 0 aliphatic rings. The molecule has 0 aliphatic carbocycles. The van der Waals surface area contributed by atoms with Crippen LogP contribution >= 0.6 is 0 Å². The summed E-state index contributed by atoms with van der Waals surface area (Å²) < 4.78 is 6.36. The van der Waals surface area contributed by atoms with Crippen molar-refractivity contribution in [2.75, 3.05) is 13.7 Å². The van der Waals surface area contributed by atoms with Crippen LogP contribution in [0.4, 0.5) is 0 Å². The second-order valence-corrected chi connectivity index (χ2v) is 3.80. The molecular formula is C10H17N3O4. The van der Waals surface area contributed by atoms with Gasteiger partial charge in [0.15, 0.2) is 6.04 Å². The number of aromatic nitrogens is 3. The minimum Gasteiger partial charge on any atom is -0.480 e. The molecular weight excluding hydrogens is 226 g/mol. The number of aliphatic hydroxyl groups is 1. The van der Waals surface area contributed by atoms with Crippen molar-refractivity contribution < 1.29 is 19.7 Å². The molecule has 1 aromatic rings. The molecule has 0 bridgehead atoms. The van der Waals surface area contributed by atoms with E-state index < -0.39 is 18.1 Å². The summed E-state index contributed by atoms with van der Waals surface area (Å²) in [5, 5.41) is 26.4. The van der Waals surface area contributed by atoms with Crippen molar-refractivity contribution in [2.24, 2.45) is 0 Å². The molecule has 0 saturated heterocycles. The quantitative estimate of drug-likeness (QED) is 0.717. The minimum absolute atomic E-state index is 0.421. The van der Waals surface area contributed by atoms with E-state index in [1.54, 1.807) is 14.0 Å². The van der Waals surface area contributed by atoms with E-state index in [-0.39, 0.29) is 0 Å². The van der Waals surface area contributed by atoms with Gasteiger partial charge in [0.05, 0.1) is 12.7 Å². The number of carboxylic acid groups (broad SMARTS) is 1. The molecule has 96 valence electrons. The summed E-state index contributed by atoms with van der Waals surface area (Å²) in [5.41, 5.74) is 0. The monoisotopic (exact) mass is 243 g/mol. The summed E-state index contributed by atoms with van der Waals surface area (Å²) in [5.74, 6) is -0.149. The zero-order valence-corrected chi connectivity index (χ0v) is 10.1. The van der Waals surface area contributed by atoms with E-state index in [1.807, 2.05) is 0 Å². The van der Waals surface area contributed by atoms with Crippen LogP contribution in [0.1, 0.15) is 24.6 Å². The molecule has 0 saturated carbocycles. The number of carboxylic acids is 1. The molecule has 0 spiro atoms. The third-order valence-electron chi connectivity index (χ3n) is 2.45. The van der Waals surface area contributed by atoms with E-state index in [2.05, 4.69) is 10.2 Å². The second-order valence-electron chi connectivity index (χ2n) is 3.80. The highest BCUT2D eigenvalue weighted by Crippen LogP contribution is 2.17. The third kappa shape index (κ3) is 3.01. The molecule has 0 amide bonds. The molecule has 2 unspecified atom stereocenters. The van der Waals surface area contributed by atoms with E-state index in [1.165, 1.54) is 11.5 Å². The molecule has 0 aliphatic heterocycles. The fourth-order valence-corrected chi connectivity index (χ4v) is 1.67. The molecule has 2 atom stereocenters. The number of nitrogens with zero attached hydrogens (tertiary/aromatic N) is 3. The highest BCUT2D eigenvalue weighted by Gasteiger charge is 2.29. The molecule has 0 aromatic carbocycles. The highest BCUT2D eigenvalue weighted by atomic mass is 16.5. The lowest BCUT2D eigenvalue weighted by molar-refractivity contribution is -0.144. The number of hydrogen-bond acceptors (Lipinski definition) is 5. The SMILES string of the molecule is COCCc1nnc(C)n1C(C(=O)O)C(C)O. The van der Waals surface area contributed by atoms with Crippen molar-refractivity contribution in [3.05, 3.63) is 11.6 Å². The van der Waals surface area contributed by atoms with Crippen LogP contribution in [-0.4, -0.2) is 50.8 Å². The van der Waals surface area contributed by atoms with Crippen LogP contribution in [-0.2, 0) is 16.0 Å². The van der Waals surface area contributed by atoms with Crippen molar-refractivity contribution in [1.82, 2.24) is 14.8 Å². The van der Waals surface area contributed by atoms with Crippen LogP contribution in [0.3, 0.4) is 0 Å². The van der Waals surface area contributed by atoms with E-state index in [0.29, 0.717) is 24.7 Å². The standard InChI is InChI=1S/C10H17N3O4/c1-6(14)9(10(15)16)13-7(2)11-12-8(13)4-5-17-3/h6,9,14H,4-5H2,1-3H3,(H,15,16). The Morgan fingerprint density at radius 2 is 2.18 bits per heavy atom. The second kappa shape index (κ2) is 5.74. The lowest BCUT2D eigenvalue weighted by Gasteiger charge is -2.19. The zero-order valence-electron chi connectivity index (χ0n) is 10.1. The van der Waals surface area contributed by atoms with Crippen molar-refractivity contribution >= 4 is 5.97 Å². The molecule has 1 aromatic heterocycles. The molecule has 0 fully saturated rings. The van der Waals surface area contributed by atoms with E-state index in [0.717, 1.165) is 0 Å². The summed E-state index contributed by atoms with van der Waals surface area (Å²) in [4.78, 5) is 11.1. The first-order valence-corrected chi connectivity index (χ1v) is 5.29. The number of aryl methyl sites for hydroxylation is 1. The number of rotatable bonds is 6. The van der Waals surface area contributed by atoms with Gasteiger partial charge in [0.25, 0.3) is 0 Å². The highest BCUT2D eigenvalue weighted by molar-refractivity contribution is 5.72. The van der Waals surface area contributed by atoms with E-state index >= 15 is 0 Å². The maximum absolute atomic E-state index is 11.1. The zero-order chi connectivity index (χ0) is 13.0. The maximum atomic E-state index is 11.1. The fourth-order valence-electron chi connectivity index (χ4n) is 1.67. The molecule has 0 radical (unpaired) electrons. The van der Waals surface area contributed by atoms with Gasteiger partial charge < -0.3 is 14.9 Å². The maximum Gasteiger partial charge on any atom is 0.329 e. The number of hydrogen-bond donors (Lipinski definition) is 2. The van der Waals surface area contributed by atoms with E-state index in [4.69, 9.17) is 9.84 Å². The van der Waals surface area contributed by atoms with Crippen molar-refractivity contribution in [1.29, 1.82) is 0 Å². The molecule has 2 N–H and O–H groups in total. The molecule has 7 heteroatoms. The van der Waals surface area contributed by atoms with E-state index in [9.17, 15) is 9.90 Å². The topological polar surface area (TPSA) is 97.5 Å². The Morgan fingerprint density at radius 3 is 2.65 bits per heavy atom. The van der Waals surface area contributed by atoms with Crippen LogP contribution in [0.15, 0.2) is 0 Å². The van der Waals surface area contributed by atoms with Gasteiger partial charge in [-0.1, -0.05) is 0 Å². The average Bonchev–Trinajstić information content (AvgIpc) is 2.57. The number of aliphatic hydroxyl groups excluding tert-OH is 1. The van der Waals surface area contributed by atoms with Crippen molar-refractivity contribution in [3.63, 3.8) is 0 Å². The predicted molar refractivity (Wildman–Crippen MR) is 58.7 cm³/mol. The summed E-state index contributed by atoms with van der Waals surface area (Å²) in [6.45, 7) is 3.50. The Hall–Kier alpha value is -1.47. The smallest absolute Gasteiger partial charge is 0.329 e. The summed E-state index contributed by atoms with van der Waals surface area (Å²) in [6.07, 6.45) is -0.572. The fraction of sp³-hybridized carbons (Fsp3) is 0.700. The van der Waals surface area contributed by atoms with Gasteiger partial charge in [-0.2, -0.15) is 0 Å². The van der Waals surface area contributed by atoms with Gasteiger partial charge in [-0.05, 0) is 13.8 Å². The number of carbonyl (C=O) groups is 1. The lowest BCUT2D eigenvalue weighted by Crippen LogP contribution is -2.31. The molecule has 1 heterocycles. The third-order valence-corrected chi connectivity index (χ3v) is 2.45. The minimum atomic E-state index is -1.11. The van der Waals surface area contributed by atoms with Crippen LogP contribution in [0.5, 0.6) is 0 Å². The summed E-state index contributed by atoms with van der Waals surface area (Å²) in [7, 11) is 1.55. The molecule has 1 rings (SSSR count). The number of ether oxygens (including phenoxy) is 1. The number of methoxy groups -OCH3 is 1. The van der Waals surface area contributed by atoms with Gasteiger partial charge in [-0.3, -0.25) is 4.57 Å². The van der Waals surface area contributed by atoms with Gasteiger partial charge in [0.1, 0.15) is 11.6 Å². The van der Waals surface area contributed by atoms with Crippen LogP contribution in [0.2, 0.25) is 0 Å². The van der Waals surface area contributed by atoms with Crippen LogP contribution < -0.4 is 0 Å². The number of aliphatic carboxylic acids is 1. The first-order chi connectivity index (χ1) is 7.99. The largest absolute Gasteiger partial charge is 0.480 e. The molecule has 7 nitrogen and oxygen atoms in total. The Balaban J connectivity index is 3.08. The summed E-state index contributed by atoms with van der Waals surface area (Å²) >= 11 is 0. The van der Waals surface area contributed by atoms with Crippen LogP contribution in [0.25, 0.3) is 0 Å². The first kappa shape index (κ1) is 13.6. The average molecular weight is 243 g/mol. The van der Waals surface area contributed by atoms with Crippen molar-refractivity contribution in [3.8, 4) is 0 Å². The summed E-state index contributed by atoms with van der Waals surface area (Å²) in [6, 6.07) is -1.07. The van der Waals surface area contributed by atoms with Gasteiger partial charge in [-0.15, -0.1) is 10.2 Å². The predicted octanol–water partition coefficient (Wildman–Crippen LogP) is -0.218. The van der Waals surface area contributed by atoms with Crippen molar-refractivity contribution in [2.45, 2.75) is 32.4 Å². The van der Waals surface area contributed by atoms with Gasteiger partial charge in [0, 0.05) is 13.5 Å². The molecule has 17 heavy (non-hydrogen) atoms. The Labute approximate surface area is 99.0 Å². The normalized spacial score (nSPS) is 14.6. The van der Waals surface area contributed by atoms with Crippen LogP contribution in [0, 0.1) is 6.92 Å². The lowest BCUT2D eigenvalue weighted by atomic mass is 10.1. The van der Waals surface area contributed by atoms with Gasteiger partial charge in [0.2, 0.25) is 0 Å². The van der Waals surface area contributed by atoms with Gasteiger partial charge >= 0.3 is 5.97 Å². The van der Waals surface area contributed by atoms with Gasteiger partial charge in [-0.25, -0.2) is 4.79 Å². The Kier molecular flexibility index (Phi) is 4.59. The Morgan fingerprint density at radius 1 is 1.53 bits per heavy atom.